The Kier molecular flexibility index (Phi) is 5.64. The average molecular weight is 482 g/mol. The highest BCUT2D eigenvalue weighted by Crippen LogP contribution is 2.60. The molecule has 2 saturated carbocycles. The molecular formula is C30H31N3O3. The summed E-state index contributed by atoms with van der Waals surface area (Å²) < 4.78 is 11.3. The Balaban J connectivity index is 1.27. The minimum Gasteiger partial charge on any atom is -0.487 e. The summed E-state index contributed by atoms with van der Waals surface area (Å²) in [6.45, 7) is 3.74. The van der Waals surface area contributed by atoms with Crippen molar-refractivity contribution in [3.8, 4) is 17.1 Å². The van der Waals surface area contributed by atoms with Crippen molar-refractivity contribution in [3.05, 3.63) is 95.6 Å². The van der Waals surface area contributed by atoms with Crippen LogP contribution in [0.4, 0.5) is 0 Å². The van der Waals surface area contributed by atoms with Crippen LogP contribution in [-0.2, 0) is 17.6 Å². The highest BCUT2D eigenvalue weighted by atomic mass is 16.5. The summed E-state index contributed by atoms with van der Waals surface area (Å²) >= 11 is 0. The molecule has 6 nitrogen and oxygen atoms in total. The first-order chi connectivity index (χ1) is 17.4. The SMILES string of the molecule is CC(C)(O)c1nc(-c2ccc([C@]3(c4ccc(OCc5ccccn5)cc4)C[C@@H]4CC[C@H]3C4)cc2)no1. The molecule has 2 bridgehead atoms. The Morgan fingerprint density at radius 1 is 1.00 bits per heavy atom. The number of hydrogen-bond donors (Lipinski definition) is 1. The van der Waals surface area contributed by atoms with Gasteiger partial charge in [-0.15, -0.1) is 0 Å². The van der Waals surface area contributed by atoms with Crippen molar-refractivity contribution in [1.82, 2.24) is 15.1 Å². The molecular weight excluding hydrogens is 450 g/mol. The van der Waals surface area contributed by atoms with Crippen LogP contribution in [0.5, 0.6) is 5.75 Å². The lowest BCUT2D eigenvalue weighted by molar-refractivity contribution is 0.0420. The molecule has 2 aromatic heterocycles. The van der Waals surface area contributed by atoms with Gasteiger partial charge in [-0.2, -0.15) is 4.98 Å². The van der Waals surface area contributed by atoms with E-state index in [1.165, 1.54) is 36.8 Å². The lowest BCUT2D eigenvalue weighted by atomic mass is 9.64. The van der Waals surface area contributed by atoms with Crippen molar-refractivity contribution < 1.29 is 14.4 Å². The van der Waals surface area contributed by atoms with E-state index in [0.29, 0.717) is 18.3 Å². The van der Waals surface area contributed by atoms with Gasteiger partial charge in [-0.1, -0.05) is 54.0 Å². The summed E-state index contributed by atoms with van der Waals surface area (Å²) in [5, 5.41) is 14.2. The van der Waals surface area contributed by atoms with Crippen molar-refractivity contribution in [2.75, 3.05) is 0 Å². The van der Waals surface area contributed by atoms with Gasteiger partial charge >= 0.3 is 0 Å². The number of benzene rings is 2. The first kappa shape index (κ1) is 22.9. The number of ether oxygens (including phenoxy) is 1. The van der Waals surface area contributed by atoms with Crippen molar-refractivity contribution >= 4 is 0 Å². The molecule has 0 aliphatic heterocycles. The fraction of sp³-hybridized carbons (Fsp3) is 0.367. The lowest BCUT2D eigenvalue weighted by Crippen LogP contribution is -2.34. The van der Waals surface area contributed by atoms with Crippen LogP contribution >= 0.6 is 0 Å². The third-order valence-electron chi connectivity index (χ3n) is 7.94. The topological polar surface area (TPSA) is 81.3 Å². The maximum Gasteiger partial charge on any atom is 0.258 e. The fourth-order valence-electron chi connectivity index (χ4n) is 6.20. The molecule has 6 rings (SSSR count). The third kappa shape index (κ3) is 4.09. The molecule has 4 aromatic rings. The Labute approximate surface area is 211 Å². The molecule has 0 spiro atoms. The van der Waals surface area contributed by atoms with E-state index in [1.54, 1.807) is 20.0 Å². The Morgan fingerprint density at radius 3 is 2.33 bits per heavy atom. The van der Waals surface area contributed by atoms with Crippen molar-refractivity contribution in [1.29, 1.82) is 0 Å². The predicted molar refractivity (Wildman–Crippen MR) is 136 cm³/mol. The van der Waals surface area contributed by atoms with Crippen molar-refractivity contribution in [2.24, 2.45) is 11.8 Å². The van der Waals surface area contributed by atoms with E-state index in [4.69, 9.17) is 9.26 Å². The van der Waals surface area contributed by atoms with Gasteiger partial charge in [0.05, 0.1) is 5.69 Å². The molecule has 0 saturated heterocycles. The molecule has 36 heavy (non-hydrogen) atoms. The molecule has 3 atom stereocenters. The van der Waals surface area contributed by atoms with Crippen LogP contribution in [0.25, 0.3) is 11.4 Å². The van der Waals surface area contributed by atoms with E-state index < -0.39 is 5.60 Å². The summed E-state index contributed by atoms with van der Waals surface area (Å²) in [6.07, 6.45) is 6.86. The highest BCUT2D eigenvalue weighted by Gasteiger charge is 2.52. The molecule has 2 aromatic carbocycles. The minimum absolute atomic E-state index is 0.0104. The molecule has 2 fully saturated rings. The molecule has 0 unspecified atom stereocenters. The second-order valence-electron chi connectivity index (χ2n) is 10.7. The number of pyridine rings is 1. The highest BCUT2D eigenvalue weighted by molar-refractivity contribution is 5.57. The molecule has 2 aliphatic rings. The molecule has 6 heteroatoms. The molecule has 184 valence electrons. The standard InChI is InChI=1S/C30H31N3O3/c1-29(2,34)28-32-27(33-36-28)21-7-10-22(11-8-21)30(18-20-6-9-24(30)17-20)23-12-14-26(15-13-23)35-19-25-5-3-4-16-31-25/h3-5,7-8,10-16,20,24,34H,6,9,17-19H2,1-2H3/t20-,24+,30+/m1/s1. The van der Waals surface area contributed by atoms with E-state index in [0.717, 1.165) is 22.9 Å². The van der Waals surface area contributed by atoms with Crippen LogP contribution in [0.3, 0.4) is 0 Å². The van der Waals surface area contributed by atoms with Crippen LogP contribution in [0.15, 0.2) is 77.4 Å². The van der Waals surface area contributed by atoms with E-state index in [1.807, 2.05) is 18.2 Å². The van der Waals surface area contributed by atoms with Crippen LogP contribution < -0.4 is 4.74 Å². The van der Waals surface area contributed by atoms with Gasteiger partial charge in [-0.05, 0) is 80.3 Å². The smallest absolute Gasteiger partial charge is 0.258 e. The number of fused-ring (bicyclic) bond motifs is 2. The Morgan fingerprint density at radius 2 is 1.75 bits per heavy atom. The van der Waals surface area contributed by atoms with Gasteiger partial charge in [0.2, 0.25) is 5.82 Å². The first-order valence-electron chi connectivity index (χ1n) is 12.7. The fourth-order valence-corrected chi connectivity index (χ4v) is 6.20. The van der Waals surface area contributed by atoms with E-state index in [9.17, 15) is 5.11 Å². The predicted octanol–water partition coefficient (Wildman–Crippen LogP) is 6.04. The zero-order valence-corrected chi connectivity index (χ0v) is 20.7. The largest absolute Gasteiger partial charge is 0.487 e. The number of hydrogen-bond acceptors (Lipinski definition) is 6. The summed E-state index contributed by atoms with van der Waals surface area (Å²) in [6, 6.07) is 23.1. The van der Waals surface area contributed by atoms with Crippen molar-refractivity contribution in [3.63, 3.8) is 0 Å². The van der Waals surface area contributed by atoms with Crippen LogP contribution in [-0.4, -0.2) is 20.2 Å². The van der Waals surface area contributed by atoms with Gasteiger partial charge in [0.25, 0.3) is 5.89 Å². The lowest BCUT2D eigenvalue weighted by Gasteiger charge is -2.39. The number of aromatic nitrogens is 3. The second kappa shape index (κ2) is 8.86. The van der Waals surface area contributed by atoms with E-state index in [-0.39, 0.29) is 11.3 Å². The van der Waals surface area contributed by atoms with Gasteiger partial charge in [-0.25, -0.2) is 0 Å². The van der Waals surface area contributed by atoms with E-state index >= 15 is 0 Å². The van der Waals surface area contributed by atoms with Gasteiger partial charge in [0.15, 0.2) is 0 Å². The monoisotopic (exact) mass is 481 g/mol. The summed E-state index contributed by atoms with van der Waals surface area (Å²) in [4.78, 5) is 8.74. The molecule has 0 radical (unpaired) electrons. The van der Waals surface area contributed by atoms with Gasteiger partial charge in [0.1, 0.15) is 18.0 Å². The maximum atomic E-state index is 10.2. The molecule has 0 amide bonds. The molecule has 1 N–H and O–H groups in total. The van der Waals surface area contributed by atoms with Gasteiger partial charge in [0, 0.05) is 17.2 Å². The Bertz CT molecular complexity index is 1330. The van der Waals surface area contributed by atoms with Crippen molar-refractivity contribution in [2.45, 2.75) is 57.2 Å². The maximum absolute atomic E-state index is 10.2. The van der Waals surface area contributed by atoms with Crippen LogP contribution in [0.1, 0.15) is 62.2 Å². The normalized spacial score (nSPS) is 23.2. The van der Waals surface area contributed by atoms with Gasteiger partial charge in [-0.3, -0.25) is 4.98 Å². The second-order valence-corrected chi connectivity index (χ2v) is 10.7. The summed E-state index contributed by atoms with van der Waals surface area (Å²) in [7, 11) is 0. The quantitative estimate of drug-likeness (QED) is 0.346. The Hall–Kier alpha value is -3.51. The minimum atomic E-state index is -1.16. The number of rotatable bonds is 7. The molecule has 2 aliphatic carbocycles. The first-order valence-corrected chi connectivity index (χ1v) is 12.7. The van der Waals surface area contributed by atoms with Crippen LogP contribution in [0.2, 0.25) is 0 Å². The zero-order valence-electron chi connectivity index (χ0n) is 20.7. The number of nitrogens with zero attached hydrogens (tertiary/aromatic N) is 3. The summed E-state index contributed by atoms with van der Waals surface area (Å²) in [5.41, 5.74) is 3.35. The average Bonchev–Trinajstić information content (AvgIpc) is 3.65. The zero-order chi connectivity index (χ0) is 24.8. The summed E-state index contributed by atoms with van der Waals surface area (Å²) in [5.74, 6) is 2.99. The van der Waals surface area contributed by atoms with Crippen LogP contribution in [0, 0.1) is 11.8 Å². The number of aliphatic hydroxyl groups is 1. The molecule has 2 heterocycles. The third-order valence-corrected chi connectivity index (χ3v) is 7.94. The van der Waals surface area contributed by atoms with Gasteiger partial charge < -0.3 is 14.4 Å². The van der Waals surface area contributed by atoms with E-state index in [2.05, 4.69) is 63.7 Å².